The Kier molecular flexibility index (Phi) is 4.46. The SMILES string of the molecule is COc1ccc(F)c(C(=O)N2C[C@@H](N)[C@H](C(C)C)C2)c1F. The smallest absolute Gasteiger partial charge is 0.260 e. The molecule has 1 heterocycles. The van der Waals surface area contributed by atoms with Crippen molar-refractivity contribution in [3.05, 3.63) is 29.3 Å². The quantitative estimate of drug-likeness (QED) is 0.929. The van der Waals surface area contributed by atoms with Crippen LogP contribution in [-0.4, -0.2) is 37.0 Å². The second-order valence-electron chi connectivity index (χ2n) is 5.72. The van der Waals surface area contributed by atoms with E-state index in [9.17, 15) is 13.6 Å². The zero-order chi connectivity index (χ0) is 15.7. The summed E-state index contributed by atoms with van der Waals surface area (Å²) in [7, 11) is 1.27. The Morgan fingerprint density at radius 2 is 2.05 bits per heavy atom. The van der Waals surface area contributed by atoms with Crippen LogP contribution in [-0.2, 0) is 0 Å². The molecule has 2 rings (SSSR count). The normalized spacial score (nSPS) is 22.0. The lowest BCUT2D eigenvalue weighted by Crippen LogP contribution is -2.33. The Morgan fingerprint density at radius 1 is 1.38 bits per heavy atom. The fourth-order valence-corrected chi connectivity index (χ4v) is 2.77. The van der Waals surface area contributed by atoms with Crippen molar-refractivity contribution in [1.82, 2.24) is 4.90 Å². The van der Waals surface area contributed by atoms with Crippen LogP contribution in [0.2, 0.25) is 0 Å². The average Bonchev–Trinajstić information content (AvgIpc) is 2.81. The molecule has 0 radical (unpaired) electrons. The molecule has 1 saturated heterocycles. The molecule has 0 saturated carbocycles. The fraction of sp³-hybridized carbons (Fsp3) is 0.533. The lowest BCUT2D eigenvalue weighted by atomic mass is 9.92. The van der Waals surface area contributed by atoms with Crippen LogP contribution in [0.25, 0.3) is 0 Å². The predicted octanol–water partition coefficient (Wildman–Crippen LogP) is 2.03. The third-order valence-corrected chi connectivity index (χ3v) is 4.05. The highest BCUT2D eigenvalue weighted by atomic mass is 19.1. The first-order chi connectivity index (χ1) is 9.86. The lowest BCUT2D eigenvalue weighted by molar-refractivity contribution is 0.0772. The number of benzene rings is 1. The van der Waals surface area contributed by atoms with E-state index in [1.165, 1.54) is 12.0 Å². The minimum absolute atomic E-state index is 0.130. The molecular formula is C15H20F2N2O2. The molecule has 2 atom stereocenters. The molecule has 21 heavy (non-hydrogen) atoms. The van der Waals surface area contributed by atoms with Crippen molar-refractivity contribution in [1.29, 1.82) is 0 Å². The van der Waals surface area contributed by atoms with Gasteiger partial charge in [-0.25, -0.2) is 8.78 Å². The summed E-state index contributed by atoms with van der Waals surface area (Å²) in [4.78, 5) is 13.8. The number of ether oxygens (including phenoxy) is 1. The Balaban J connectivity index is 2.30. The molecule has 4 nitrogen and oxygen atoms in total. The first-order valence-corrected chi connectivity index (χ1v) is 6.93. The molecule has 0 unspecified atom stereocenters. The molecule has 1 aliphatic rings. The van der Waals surface area contributed by atoms with Crippen LogP contribution in [0, 0.1) is 23.5 Å². The number of carbonyl (C=O) groups is 1. The number of hydrogen-bond donors (Lipinski definition) is 1. The molecule has 1 aliphatic heterocycles. The standard InChI is InChI=1S/C15H20F2N2O2/c1-8(2)9-6-19(7-11(9)18)15(20)13-10(16)4-5-12(21-3)14(13)17/h4-5,8-9,11H,6-7,18H2,1-3H3/t9-,11+/m0/s1. The van der Waals surface area contributed by atoms with Gasteiger partial charge in [0.15, 0.2) is 11.6 Å². The predicted molar refractivity (Wildman–Crippen MR) is 75.1 cm³/mol. The number of nitrogens with zero attached hydrogens (tertiary/aromatic N) is 1. The maximum Gasteiger partial charge on any atom is 0.260 e. The van der Waals surface area contributed by atoms with E-state index in [4.69, 9.17) is 10.5 Å². The summed E-state index contributed by atoms with van der Waals surface area (Å²) in [6.45, 7) is 4.75. The average molecular weight is 298 g/mol. The van der Waals surface area contributed by atoms with Gasteiger partial charge in [0.05, 0.1) is 7.11 Å². The Hall–Kier alpha value is -1.69. The van der Waals surface area contributed by atoms with Crippen molar-refractivity contribution in [2.24, 2.45) is 17.6 Å². The summed E-state index contributed by atoms with van der Waals surface area (Å²) in [6, 6.07) is 2.02. The zero-order valence-electron chi connectivity index (χ0n) is 12.4. The van der Waals surface area contributed by atoms with Gasteiger partial charge in [-0.15, -0.1) is 0 Å². The maximum atomic E-state index is 14.1. The molecule has 0 bridgehead atoms. The van der Waals surface area contributed by atoms with E-state index >= 15 is 0 Å². The van der Waals surface area contributed by atoms with Gasteiger partial charge in [0, 0.05) is 19.1 Å². The molecule has 1 aromatic carbocycles. The van der Waals surface area contributed by atoms with Gasteiger partial charge in [0.1, 0.15) is 11.4 Å². The zero-order valence-corrected chi connectivity index (χ0v) is 12.4. The number of nitrogens with two attached hydrogens (primary N) is 1. The van der Waals surface area contributed by atoms with Crippen LogP contribution < -0.4 is 10.5 Å². The summed E-state index contributed by atoms with van der Waals surface area (Å²) in [5, 5.41) is 0. The van der Waals surface area contributed by atoms with Gasteiger partial charge in [-0.2, -0.15) is 0 Å². The molecule has 116 valence electrons. The topological polar surface area (TPSA) is 55.6 Å². The molecular weight excluding hydrogens is 278 g/mol. The number of amides is 1. The Labute approximate surface area is 122 Å². The van der Waals surface area contributed by atoms with Crippen molar-refractivity contribution >= 4 is 5.91 Å². The van der Waals surface area contributed by atoms with Crippen molar-refractivity contribution < 1.29 is 18.3 Å². The number of rotatable bonds is 3. The summed E-state index contributed by atoms with van der Waals surface area (Å²) in [5.41, 5.74) is 5.43. The van der Waals surface area contributed by atoms with Crippen LogP contribution in [0.15, 0.2) is 12.1 Å². The second-order valence-corrected chi connectivity index (χ2v) is 5.72. The van der Waals surface area contributed by atoms with Crippen molar-refractivity contribution in [2.75, 3.05) is 20.2 Å². The number of likely N-dealkylation sites (tertiary alicyclic amines) is 1. The number of hydrogen-bond acceptors (Lipinski definition) is 3. The Bertz CT molecular complexity index is 549. The summed E-state index contributed by atoms with van der Waals surface area (Å²) < 4.78 is 32.8. The highest BCUT2D eigenvalue weighted by Crippen LogP contribution is 2.28. The first-order valence-electron chi connectivity index (χ1n) is 6.93. The Morgan fingerprint density at radius 3 is 2.57 bits per heavy atom. The van der Waals surface area contributed by atoms with Crippen LogP contribution in [0.5, 0.6) is 5.75 Å². The highest BCUT2D eigenvalue weighted by Gasteiger charge is 2.37. The van der Waals surface area contributed by atoms with Gasteiger partial charge in [0.25, 0.3) is 5.91 Å². The maximum absolute atomic E-state index is 14.1. The molecule has 0 aromatic heterocycles. The van der Waals surface area contributed by atoms with Gasteiger partial charge in [0.2, 0.25) is 0 Å². The first kappa shape index (κ1) is 15.7. The monoisotopic (exact) mass is 298 g/mol. The molecule has 6 heteroatoms. The number of methoxy groups -OCH3 is 1. The van der Waals surface area contributed by atoms with E-state index in [1.54, 1.807) is 0 Å². The summed E-state index contributed by atoms with van der Waals surface area (Å²) in [5.74, 6) is -2.25. The van der Waals surface area contributed by atoms with E-state index < -0.39 is 23.1 Å². The number of carbonyl (C=O) groups excluding carboxylic acids is 1. The van der Waals surface area contributed by atoms with E-state index in [1.807, 2.05) is 13.8 Å². The fourth-order valence-electron chi connectivity index (χ4n) is 2.77. The van der Waals surface area contributed by atoms with Gasteiger partial charge >= 0.3 is 0 Å². The van der Waals surface area contributed by atoms with Crippen molar-refractivity contribution in [2.45, 2.75) is 19.9 Å². The van der Waals surface area contributed by atoms with Gasteiger partial charge in [-0.1, -0.05) is 13.8 Å². The van der Waals surface area contributed by atoms with Crippen LogP contribution in [0.1, 0.15) is 24.2 Å². The van der Waals surface area contributed by atoms with Gasteiger partial charge in [-0.3, -0.25) is 4.79 Å². The van der Waals surface area contributed by atoms with Crippen LogP contribution in [0.4, 0.5) is 8.78 Å². The molecule has 1 aromatic rings. The highest BCUT2D eigenvalue weighted by molar-refractivity contribution is 5.95. The number of halogens is 2. The van der Waals surface area contributed by atoms with Gasteiger partial charge in [-0.05, 0) is 24.0 Å². The molecule has 2 N–H and O–H groups in total. The molecule has 1 fully saturated rings. The van der Waals surface area contributed by atoms with E-state index in [0.29, 0.717) is 19.0 Å². The molecule has 1 amide bonds. The van der Waals surface area contributed by atoms with Crippen LogP contribution >= 0.6 is 0 Å². The van der Waals surface area contributed by atoms with Gasteiger partial charge < -0.3 is 15.4 Å². The van der Waals surface area contributed by atoms with Crippen molar-refractivity contribution in [3.8, 4) is 5.75 Å². The minimum atomic E-state index is -0.968. The summed E-state index contributed by atoms with van der Waals surface area (Å²) >= 11 is 0. The van der Waals surface area contributed by atoms with Crippen LogP contribution in [0.3, 0.4) is 0 Å². The second kappa shape index (κ2) is 5.97. The largest absolute Gasteiger partial charge is 0.494 e. The molecule has 0 spiro atoms. The van der Waals surface area contributed by atoms with Crippen molar-refractivity contribution in [3.63, 3.8) is 0 Å². The third-order valence-electron chi connectivity index (χ3n) is 4.05. The minimum Gasteiger partial charge on any atom is -0.494 e. The molecule has 0 aliphatic carbocycles. The van der Waals surface area contributed by atoms with E-state index in [2.05, 4.69) is 0 Å². The lowest BCUT2D eigenvalue weighted by Gasteiger charge is -2.19. The van der Waals surface area contributed by atoms with E-state index in [0.717, 1.165) is 12.1 Å². The summed E-state index contributed by atoms with van der Waals surface area (Å²) in [6.07, 6.45) is 0. The van der Waals surface area contributed by atoms with E-state index in [-0.39, 0.29) is 17.7 Å². The third kappa shape index (κ3) is 2.85.